The lowest BCUT2D eigenvalue weighted by atomic mass is 10.1. The van der Waals surface area contributed by atoms with Crippen molar-refractivity contribution in [3.8, 4) is 11.8 Å². The van der Waals surface area contributed by atoms with Crippen LogP contribution >= 0.6 is 22.6 Å². The Morgan fingerprint density at radius 2 is 2.33 bits per heavy atom. The second-order valence-corrected chi connectivity index (χ2v) is 3.81. The second-order valence-electron chi connectivity index (χ2n) is 2.65. The Labute approximate surface area is 101 Å². The van der Waals surface area contributed by atoms with Crippen molar-refractivity contribution in [2.24, 2.45) is 0 Å². The number of nitriles is 1. The quantitative estimate of drug-likeness (QED) is 0.669. The van der Waals surface area contributed by atoms with Crippen molar-refractivity contribution < 1.29 is 14.6 Å². The number of hydrogen-bond acceptors (Lipinski definition) is 4. The van der Waals surface area contributed by atoms with Crippen molar-refractivity contribution in [2.75, 3.05) is 6.61 Å². The van der Waals surface area contributed by atoms with Gasteiger partial charge in [0.25, 0.3) is 0 Å². The van der Waals surface area contributed by atoms with Crippen LogP contribution in [0, 0.1) is 14.9 Å². The van der Waals surface area contributed by atoms with Gasteiger partial charge in [-0.3, -0.25) is 0 Å². The number of carbonyl (C=O) groups is 1. The lowest BCUT2D eigenvalue weighted by Crippen LogP contribution is -2.09. The molecule has 0 fully saturated rings. The number of aromatic hydroxyl groups is 1. The molecule has 0 spiro atoms. The first-order chi connectivity index (χ1) is 7.11. The number of benzene rings is 1. The maximum atomic E-state index is 11.5. The van der Waals surface area contributed by atoms with Gasteiger partial charge in [-0.15, -0.1) is 0 Å². The van der Waals surface area contributed by atoms with Gasteiger partial charge in [0.2, 0.25) is 0 Å². The van der Waals surface area contributed by atoms with E-state index in [0.29, 0.717) is 3.57 Å². The van der Waals surface area contributed by atoms with Crippen LogP contribution in [0.2, 0.25) is 0 Å². The molecule has 0 saturated heterocycles. The highest BCUT2D eigenvalue weighted by atomic mass is 127. The molecular weight excluding hydrogens is 309 g/mol. The average molecular weight is 317 g/mol. The summed E-state index contributed by atoms with van der Waals surface area (Å²) in [5.74, 6) is -0.796. The third kappa shape index (κ3) is 2.39. The zero-order valence-electron chi connectivity index (χ0n) is 7.95. The van der Waals surface area contributed by atoms with Gasteiger partial charge in [-0.2, -0.15) is 5.26 Å². The van der Waals surface area contributed by atoms with Crippen molar-refractivity contribution in [3.63, 3.8) is 0 Å². The Morgan fingerprint density at radius 3 is 2.87 bits per heavy atom. The molecule has 1 rings (SSSR count). The van der Waals surface area contributed by atoms with E-state index in [2.05, 4.69) is 0 Å². The summed E-state index contributed by atoms with van der Waals surface area (Å²) in [7, 11) is 0. The van der Waals surface area contributed by atoms with Crippen molar-refractivity contribution in [2.45, 2.75) is 6.92 Å². The molecule has 0 aliphatic heterocycles. The Bertz CT molecular complexity index is 437. The summed E-state index contributed by atoms with van der Waals surface area (Å²) < 4.78 is 5.38. The fraction of sp³-hybridized carbons (Fsp3) is 0.200. The van der Waals surface area contributed by atoms with E-state index in [1.165, 1.54) is 6.07 Å². The lowest BCUT2D eigenvalue weighted by Gasteiger charge is -2.07. The lowest BCUT2D eigenvalue weighted by molar-refractivity contribution is 0.0524. The summed E-state index contributed by atoms with van der Waals surface area (Å²) in [5.41, 5.74) is 0.0836. The van der Waals surface area contributed by atoms with E-state index in [-0.39, 0.29) is 23.5 Å². The van der Waals surface area contributed by atoms with Crippen LogP contribution in [0.15, 0.2) is 12.1 Å². The highest BCUT2D eigenvalue weighted by Gasteiger charge is 2.19. The van der Waals surface area contributed by atoms with Crippen LogP contribution in [0.5, 0.6) is 5.75 Å². The minimum absolute atomic E-state index is 0.0413. The number of phenolic OH excluding ortho intramolecular Hbond substituents is 1. The molecule has 0 aromatic heterocycles. The third-order valence-corrected chi connectivity index (χ3v) is 2.62. The summed E-state index contributed by atoms with van der Waals surface area (Å²) in [4.78, 5) is 11.5. The van der Waals surface area contributed by atoms with E-state index < -0.39 is 5.97 Å². The van der Waals surface area contributed by atoms with Crippen LogP contribution in [-0.4, -0.2) is 17.7 Å². The SMILES string of the molecule is CCOC(=O)c1c(I)ccc(O)c1C#N. The number of rotatable bonds is 2. The molecule has 0 heterocycles. The summed E-state index contributed by atoms with van der Waals surface area (Å²) in [6, 6.07) is 4.72. The number of phenols is 1. The molecule has 0 atom stereocenters. The van der Waals surface area contributed by atoms with Gasteiger partial charge in [-0.1, -0.05) is 0 Å². The number of hydrogen-bond donors (Lipinski definition) is 1. The molecule has 15 heavy (non-hydrogen) atoms. The monoisotopic (exact) mass is 317 g/mol. The fourth-order valence-corrected chi connectivity index (χ4v) is 1.75. The molecule has 0 bridgehead atoms. The maximum absolute atomic E-state index is 11.5. The number of halogens is 1. The van der Waals surface area contributed by atoms with Gasteiger partial charge in [0.05, 0.1) is 12.2 Å². The van der Waals surface area contributed by atoms with Gasteiger partial charge in [0, 0.05) is 3.57 Å². The van der Waals surface area contributed by atoms with Crippen molar-refractivity contribution in [1.29, 1.82) is 5.26 Å². The van der Waals surface area contributed by atoms with Crippen LogP contribution in [-0.2, 0) is 4.74 Å². The summed E-state index contributed by atoms with van der Waals surface area (Å²) >= 11 is 1.92. The molecule has 0 aliphatic rings. The van der Waals surface area contributed by atoms with Crippen LogP contribution in [0.25, 0.3) is 0 Å². The smallest absolute Gasteiger partial charge is 0.340 e. The van der Waals surface area contributed by atoms with Crippen LogP contribution in [0.3, 0.4) is 0 Å². The largest absolute Gasteiger partial charge is 0.507 e. The summed E-state index contributed by atoms with van der Waals surface area (Å²) in [6.07, 6.45) is 0. The van der Waals surface area contributed by atoms with E-state index in [0.717, 1.165) is 0 Å². The molecule has 1 N–H and O–H groups in total. The zero-order chi connectivity index (χ0) is 11.4. The molecular formula is C10H8INO3. The predicted molar refractivity (Wildman–Crippen MR) is 61.5 cm³/mol. The van der Waals surface area contributed by atoms with E-state index in [1.807, 2.05) is 22.6 Å². The average Bonchev–Trinajstić information content (AvgIpc) is 2.21. The Balaban J connectivity index is 3.33. The first-order valence-corrected chi connectivity index (χ1v) is 5.28. The van der Waals surface area contributed by atoms with Crippen molar-refractivity contribution in [1.82, 2.24) is 0 Å². The first kappa shape index (κ1) is 11.8. The molecule has 4 nitrogen and oxygen atoms in total. The minimum Gasteiger partial charge on any atom is -0.507 e. The van der Waals surface area contributed by atoms with Crippen molar-refractivity contribution in [3.05, 3.63) is 26.8 Å². The zero-order valence-corrected chi connectivity index (χ0v) is 10.1. The number of nitrogens with zero attached hydrogens (tertiary/aromatic N) is 1. The van der Waals surface area contributed by atoms with Gasteiger partial charge in [0.1, 0.15) is 17.4 Å². The molecule has 0 saturated carbocycles. The Kier molecular flexibility index (Phi) is 3.91. The highest BCUT2D eigenvalue weighted by molar-refractivity contribution is 14.1. The van der Waals surface area contributed by atoms with E-state index in [4.69, 9.17) is 10.00 Å². The van der Waals surface area contributed by atoms with Crippen LogP contribution in [0.4, 0.5) is 0 Å². The Hall–Kier alpha value is -1.29. The van der Waals surface area contributed by atoms with E-state index in [9.17, 15) is 9.90 Å². The molecule has 0 radical (unpaired) electrons. The highest BCUT2D eigenvalue weighted by Crippen LogP contribution is 2.25. The van der Waals surface area contributed by atoms with E-state index in [1.54, 1.807) is 19.1 Å². The molecule has 78 valence electrons. The summed E-state index contributed by atoms with van der Waals surface area (Å²) in [5, 5.41) is 18.2. The van der Waals surface area contributed by atoms with Gasteiger partial charge in [-0.25, -0.2) is 4.79 Å². The maximum Gasteiger partial charge on any atom is 0.340 e. The van der Waals surface area contributed by atoms with Gasteiger partial charge < -0.3 is 9.84 Å². The third-order valence-electron chi connectivity index (χ3n) is 1.72. The number of ether oxygens (including phenoxy) is 1. The van der Waals surface area contributed by atoms with Crippen LogP contribution < -0.4 is 0 Å². The molecule has 0 aliphatic carbocycles. The fourth-order valence-electron chi connectivity index (χ4n) is 1.08. The standard InChI is InChI=1S/C10H8INO3/c1-2-15-10(14)9-6(5-12)8(13)4-3-7(9)11/h3-4,13H,2H2,1H3. The Morgan fingerprint density at radius 1 is 1.67 bits per heavy atom. The number of esters is 1. The normalized spacial score (nSPS) is 9.40. The molecule has 1 aromatic rings. The molecule has 1 aromatic carbocycles. The van der Waals surface area contributed by atoms with Gasteiger partial charge in [-0.05, 0) is 41.6 Å². The van der Waals surface area contributed by atoms with Crippen molar-refractivity contribution >= 4 is 28.6 Å². The first-order valence-electron chi connectivity index (χ1n) is 4.20. The topological polar surface area (TPSA) is 70.3 Å². The molecule has 5 heteroatoms. The molecule has 0 unspecified atom stereocenters. The predicted octanol–water partition coefficient (Wildman–Crippen LogP) is 2.05. The summed E-state index contributed by atoms with van der Waals surface area (Å²) in [6.45, 7) is 1.91. The molecule has 0 amide bonds. The minimum atomic E-state index is -0.589. The van der Waals surface area contributed by atoms with E-state index >= 15 is 0 Å². The second kappa shape index (κ2) is 4.98. The van der Waals surface area contributed by atoms with Crippen LogP contribution in [0.1, 0.15) is 22.8 Å². The number of carbonyl (C=O) groups excluding carboxylic acids is 1. The van der Waals surface area contributed by atoms with Gasteiger partial charge in [0.15, 0.2) is 0 Å². The van der Waals surface area contributed by atoms with Gasteiger partial charge >= 0.3 is 5.97 Å².